The summed E-state index contributed by atoms with van der Waals surface area (Å²) in [5.41, 5.74) is 5.67. The van der Waals surface area contributed by atoms with Crippen molar-refractivity contribution in [3.8, 4) is 0 Å². The second-order valence-corrected chi connectivity index (χ2v) is 9.24. The van der Waals surface area contributed by atoms with E-state index in [9.17, 15) is 18.0 Å². The van der Waals surface area contributed by atoms with Gasteiger partial charge in [-0.2, -0.15) is 13.2 Å². The molecule has 1 aromatic rings. The highest BCUT2D eigenvalue weighted by Crippen LogP contribution is 2.41. The van der Waals surface area contributed by atoms with E-state index in [2.05, 4.69) is 9.80 Å². The van der Waals surface area contributed by atoms with Crippen molar-refractivity contribution >= 4 is 11.6 Å². The Bertz CT molecular complexity index is 894. The Morgan fingerprint density at radius 1 is 1.10 bits per heavy atom. The SMILES string of the molecule is CC1(c2cc(N3CCC(N4CCCC4)CC3)cc(C(F)(F)F)c2)C=CC=C(C(N)=O)C1. The molecule has 1 aliphatic carbocycles. The summed E-state index contributed by atoms with van der Waals surface area (Å²) in [5.74, 6) is -0.535. The Morgan fingerprint density at radius 2 is 1.77 bits per heavy atom. The molecule has 0 saturated carbocycles. The number of amides is 1. The number of alkyl halides is 3. The van der Waals surface area contributed by atoms with Crippen LogP contribution in [0, 0.1) is 0 Å². The number of primary amides is 1. The van der Waals surface area contributed by atoms with Crippen LogP contribution in [-0.2, 0) is 16.4 Å². The number of hydrogen-bond donors (Lipinski definition) is 1. The van der Waals surface area contributed by atoms with E-state index in [1.54, 1.807) is 12.2 Å². The van der Waals surface area contributed by atoms with Gasteiger partial charge in [0.05, 0.1) is 5.56 Å². The van der Waals surface area contributed by atoms with Gasteiger partial charge in [-0.25, -0.2) is 0 Å². The van der Waals surface area contributed by atoms with Crippen LogP contribution in [0.15, 0.2) is 42.0 Å². The van der Waals surface area contributed by atoms with Crippen LogP contribution in [0.1, 0.15) is 50.2 Å². The smallest absolute Gasteiger partial charge is 0.371 e. The van der Waals surface area contributed by atoms with E-state index in [-0.39, 0.29) is 6.42 Å². The van der Waals surface area contributed by atoms with E-state index in [0.717, 1.165) is 39.0 Å². The standard InChI is InChI=1S/C24H30F3N3O/c1-23(8-4-5-17(16-23)22(28)31)18-13-19(24(25,26)27)15-21(14-18)30-11-6-20(7-12-30)29-9-2-3-10-29/h4-5,8,13-15,20H,2-3,6-7,9-12,16H2,1H3,(H2,28,31). The van der Waals surface area contributed by atoms with Crippen LogP contribution in [0.3, 0.4) is 0 Å². The molecule has 0 aromatic heterocycles. The minimum absolute atomic E-state index is 0.288. The van der Waals surface area contributed by atoms with E-state index in [4.69, 9.17) is 5.73 Å². The number of anilines is 1. The van der Waals surface area contributed by atoms with Crippen molar-refractivity contribution in [2.75, 3.05) is 31.1 Å². The topological polar surface area (TPSA) is 49.6 Å². The van der Waals surface area contributed by atoms with Gasteiger partial charge in [0.2, 0.25) is 5.91 Å². The van der Waals surface area contributed by atoms with Gasteiger partial charge >= 0.3 is 6.18 Å². The minimum Gasteiger partial charge on any atom is -0.371 e. The van der Waals surface area contributed by atoms with Crippen LogP contribution in [0.4, 0.5) is 18.9 Å². The number of nitrogens with zero attached hydrogens (tertiary/aromatic N) is 2. The fourth-order valence-corrected chi connectivity index (χ4v) is 5.14. The first kappa shape index (κ1) is 21.9. The number of halogens is 3. The summed E-state index contributed by atoms with van der Waals surface area (Å²) in [6.45, 7) is 5.64. The molecule has 31 heavy (non-hydrogen) atoms. The van der Waals surface area contributed by atoms with Crippen molar-refractivity contribution in [2.24, 2.45) is 5.73 Å². The molecule has 2 fully saturated rings. The summed E-state index contributed by atoms with van der Waals surface area (Å²) in [6, 6.07) is 4.88. The Hall–Kier alpha value is -2.28. The molecule has 0 bridgehead atoms. The van der Waals surface area contributed by atoms with Crippen LogP contribution in [0.25, 0.3) is 0 Å². The molecule has 1 atom stereocenters. The van der Waals surface area contributed by atoms with Gasteiger partial charge in [0.15, 0.2) is 0 Å². The fraction of sp³-hybridized carbons (Fsp3) is 0.542. The number of allylic oxidation sites excluding steroid dienone is 3. The average molecular weight is 434 g/mol. The van der Waals surface area contributed by atoms with E-state index >= 15 is 0 Å². The minimum atomic E-state index is -4.43. The molecule has 0 spiro atoms. The van der Waals surface area contributed by atoms with Crippen LogP contribution in [0.2, 0.25) is 0 Å². The van der Waals surface area contributed by atoms with Crippen molar-refractivity contribution in [2.45, 2.75) is 56.7 Å². The highest BCUT2D eigenvalue weighted by molar-refractivity contribution is 5.93. The normalized spacial score (nSPS) is 25.7. The zero-order valence-corrected chi connectivity index (χ0v) is 17.9. The molecule has 2 saturated heterocycles. The van der Waals surface area contributed by atoms with Gasteiger partial charge in [-0.3, -0.25) is 4.79 Å². The molecule has 2 aliphatic heterocycles. The maximum Gasteiger partial charge on any atom is 0.416 e. The van der Waals surface area contributed by atoms with E-state index in [1.165, 1.54) is 25.0 Å². The Morgan fingerprint density at radius 3 is 2.39 bits per heavy atom. The molecule has 2 N–H and O–H groups in total. The molecule has 1 aromatic carbocycles. The lowest BCUT2D eigenvalue weighted by Gasteiger charge is -2.39. The zero-order chi connectivity index (χ0) is 22.2. The number of rotatable bonds is 4. The summed E-state index contributed by atoms with van der Waals surface area (Å²) in [4.78, 5) is 16.3. The third-order valence-electron chi connectivity index (χ3n) is 7.03. The largest absolute Gasteiger partial charge is 0.416 e. The maximum absolute atomic E-state index is 13.7. The molecule has 4 nitrogen and oxygen atoms in total. The Balaban J connectivity index is 1.61. The summed E-state index contributed by atoms with van der Waals surface area (Å²) >= 11 is 0. The second-order valence-electron chi connectivity index (χ2n) is 9.24. The molecular weight excluding hydrogens is 403 g/mol. The van der Waals surface area contributed by atoms with E-state index in [0.29, 0.717) is 22.9 Å². The van der Waals surface area contributed by atoms with E-state index in [1.807, 2.05) is 19.1 Å². The van der Waals surface area contributed by atoms with Crippen LogP contribution >= 0.6 is 0 Å². The van der Waals surface area contributed by atoms with Gasteiger partial charge in [0, 0.05) is 35.8 Å². The molecule has 0 radical (unpaired) electrons. The van der Waals surface area contributed by atoms with Crippen molar-refractivity contribution in [1.82, 2.24) is 4.90 Å². The van der Waals surface area contributed by atoms with Crippen molar-refractivity contribution < 1.29 is 18.0 Å². The summed E-state index contributed by atoms with van der Waals surface area (Å²) < 4.78 is 41.2. The van der Waals surface area contributed by atoms with Gasteiger partial charge in [-0.05, 0) is 69.0 Å². The number of hydrogen-bond acceptors (Lipinski definition) is 3. The van der Waals surface area contributed by atoms with Gasteiger partial charge in [0.25, 0.3) is 0 Å². The predicted octanol–water partition coefficient (Wildman–Crippen LogP) is 4.40. The molecule has 3 aliphatic rings. The number of carbonyl (C=O) groups is 1. The van der Waals surface area contributed by atoms with Gasteiger partial charge in [0.1, 0.15) is 0 Å². The lowest BCUT2D eigenvalue weighted by Crippen LogP contribution is -2.44. The number of likely N-dealkylation sites (tertiary alicyclic amines) is 1. The third kappa shape index (κ3) is 4.66. The molecule has 2 heterocycles. The summed E-state index contributed by atoms with van der Waals surface area (Å²) in [6.07, 6.45) is 5.49. The number of benzene rings is 1. The molecule has 4 rings (SSSR count). The molecule has 168 valence electrons. The van der Waals surface area contributed by atoms with Gasteiger partial charge in [-0.1, -0.05) is 25.2 Å². The summed E-state index contributed by atoms with van der Waals surface area (Å²) in [5, 5.41) is 0. The highest BCUT2D eigenvalue weighted by atomic mass is 19.4. The first-order valence-electron chi connectivity index (χ1n) is 11.1. The molecule has 7 heteroatoms. The number of piperidine rings is 1. The van der Waals surface area contributed by atoms with Crippen molar-refractivity contribution in [3.05, 3.63) is 53.1 Å². The van der Waals surface area contributed by atoms with Crippen molar-refractivity contribution in [1.29, 1.82) is 0 Å². The zero-order valence-electron chi connectivity index (χ0n) is 17.9. The lowest BCUT2D eigenvalue weighted by molar-refractivity contribution is -0.137. The quantitative estimate of drug-likeness (QED) is 0.766. The van der Waals surface area contributed by atoms with Crippen molar-refractivity contribution in [3.63, 3.8) is 0 Å². The first-order chi connectivity index (χ1) is 14.7. The Kier molecular flexibility index (Phi) is 5.90. The summed E-state index contributed by atoms with van der Waals surface area (Å²) in [7, 11) is 0. The second kappa shape index (κ2) is 8.34. The van der Waals surface area contributed by atoms with Crippen LogP contribution in [-0.4, -0.2) is 43.0 Å². The molecular formula is C24H30F3N3O. The first-order valence-corrected chi connectivity index (χ1v) is 11.1. The highest BCUT2D eigenvalue weighted by Gasteiger charge is 2.36. The lowest BCUT2D eigenvalue weighted by atomic mass is 9.74. The molecule has 1 unspecified atom stereocenters. The average Bonchev–Trinajstić information content (AvgIpc) is 3.28. The fourth-order valence-electron chi connectivity index (χ4n) is 5.14. The maximum atomic E-state index is 13.7. The number of carbonyl (C=O) groups excluding carboxylic acids is 1. The monoisotopic (exact) mass is 433 g/mol. The predicted molar refractivity (Wildman–Crippen MR) is 116 cm³/mol. The molecule has 1 amide bonds. The third-order valence-corrected chi connectivity index (χ3v) is 7.03. The number of nitrogens with two attached hydrogens (primary N) is 1. The van der Waals surface area contributed by atoms with Crippen LogP contribution in [0.5, 0.6) is 0 Å². The van der Waals surface area contributed by atoms with Gasteiger partial charge < -0.3 is 15.5 Å². The van der Waals surface area contributed by atoms with E-state index < -0.39 is 23.1 Å². The van der Waals surface area contributed by atoms with Gasteiger partial charge in [-0.15, -0.1) is 0 Å². The Labute approximate surface area is 181 Å². The van der Waals surface area contributed by atoms with Crippen LogP contribution < -0.4 is 10.6 Å².